The third-order valence-corrected chi connectivity index (χ3v) is 3.04. The number of esters is 1. The molecular weight excluding hydrogens is 282 g/mol. The van der Waals surface area contributed by atoms with E-state index in [1.807, 2.05) is 0 Å². The lowest BCUT2D eigenvalue weighted by molar-refractivity contribution is -0.137. The first-order chi connectivity index (χ1) is 9.36. The van der Waals surface area contributed by atoms with Crippen LogP contribution in [0.5, 0.6) is 0 Å². The molecule has 0 radical (unpaired) electrons. The van der Waals surface area contributed by atoms with Crippen molar-refractivity contribution in [3.8, 4) is 0 Å². The van der Waals surface area contributed by atoms with Gasteiger partial charge in [-0.1, -0.05) is 11.6 Å². The van der Waals surface area contributed by atoms with E-state index in [4.69, 9.17) is 16.3 Å². The Kier molecular flexibility index (Phi) is 5.76. The van der Waals surface area contributed by atoms with E-state index >= 15 is 0 Å². The Morgan fingerprint density at radius 3 is 2.75 bits per heavy atom. The van der Waals surface area contributed by atoms with Crippen molar-refractivity contribution in [3.63, 3.8) is 0 Å². The number of allylic oxidation sites excluding steroid dienone is 1. The van der Waals surface area contributed by atoms with Crippen LogP contribution in [0.2, 0.25) is 5.02 Å². The maximum atomic E-state index is 12.0. The van der Waals surface area contributed by atoms with Crippen LogP contribution >= 0.6 is 11.6 Å². The first-order valence-electron chi connectivity index (χ1n) is 6.22. The fourth-order valence-electron chi connectivity index (χ4n) is 1.60. The van der Waals surface area contributed by atoms with Crippen molar-refractivity contribution in [1.29, 1.82) is 0 Å². The fourth-order valence-corrected chi connectivity index (χ4v) is 1.73. The van der Waals surface area contributed by atoms with Crippen LogP contribution in [0.25, 0.3) is 0 Å². The minimum absolute atomic E-state index is 0.286. The number of aromatic nitrogens is 2. The molecule has 6 nitrogen and oxygen atoms in total. The SMILES string of the molecule is CCOC(=O)/C=C(\C)NC(=O)C(C)n1ncc(Cl)c1C. The Balaban J connectivity index is 2.71. The van der Waals surface area contributed by atoms with Crippen LogP contribution in [0.1, 0.15) is 32.5 Å². The summed E-state index contributed by atoms with van der Waals surface area (Å²) in [7, 11) is 0. The van der Waals surface area contributed by atoms with Crippen molar-refractivity contribution in [2.75, 3.05) is 6.61 Å². The van der Waals surface area contributed by atoms with Gasteiger partial charge < -0.3 is 10.1 Å². The second kappa shape index (κ2) is 7.09. The zero-order chi connectivity index (χ0) is 15.3. The molecule has 0 spiro atoms. The largest absolute Gasteiger partial charge is 0.463 e. The van der Waals surface area contributed by atoms with Crippen molar-refractivity contribution < 1.29 is 14.3 Å². The second-order valence-corrected chi connectivity index (χ2v) is 4.67. The molecule has 1 rings (SSSR count). The summed E-state index contributed by atoms with van der Waals surface area (Å²) in [4.78, 5) is 23.3. The van der Waals surface area contributed by atoms with Crippen LogP contribution in [0.3, 0.4) is 0 Å². The Morgan fingerprint density at radius 2 is 2.25 bits per heavy atom. The van der Waals surface area contributed by atoms with Crippen molar-refractivity contribution in [2.45, 2.75) is 33.7 Å². The molecule has 20 heavy (non-hydrogen) atoms. The number of carbonyl (C=O) groups excluding carboxylic acids is 2. The average Bonchev–Trinajstić information content (AvgIpc) is 2.69. The van der Waals surface area contributed by atoms with Crippen molar-refractivity contribution in [2.24, 2.45) is 0 Å². The van der Waals surface area contributed by atoms with Crippen LogP contribution in [0.15, 0.2) is 18.0 Å². The third-order valence-electron chi connectivity index (χ3n) is 2.67. The Bertz CT molecular complexity index is 537. The van der Waals surface area contributed by atoms with Crippen LogP contribution in [-0.2, 0) is 14.3 Å². The third kappa shape index (κ3) is 4.09. The number of rotatable bonds is 5. The van der Waals surface area contributed by atoms with Gasteiger partial charge in [-0.2, -0.15) is 5.10 Å². The van der Waals surface area contributed by atoms with E-state index in [9.17, 15) is 9.59 Å². The van der Waals surface area contributed by atoms with Gasteiger partial charge in [-0.25, -0.2) is 4.79 Å². The highest BCUT2D eigenvalue weighted by molar-refractivity contribution is 6.31. The monoisotopic (exact) mass is 299 g/mol. The number of nitrogens with zero attached hydrogens (tertiary/aromatic N) is 2. The van der Waals surface area contributed by atoms with E-state index in [1.165, 1.54) is 17.0 Å². The Labute approximate surface area is 122 Å². The van der Waals surface area contributed by atoms with Crippen molar-refractivity contribution >= 4 is 23.5 Å². The summed E-state index contributed by atoms with van der Waals surface area (Å²) in [6.45, 7) is 7.10. The molecule has 0 aliphatic rings. The summed E-state index contributed by atoms with van der Waals surface area (Å²) >= 11 is 5.90. The van der Waals surface area contributed by atoms with Crippen molar-refractivity contribution in [3.05, 3.63) is 28.7 Å². The predicted molar refractivity (Wildman–Crippen MR) is 75.2 cm³/mol. The maximum Gasteiger partial charge on any atom is 0.332 e. The molecule has 0 aliphatic heterocycles. The standard InChI is InChI=1S/C13H18ClN3O3/c1-5-20-12(18)6-8(2)16-13(19)10(4)17-9(3)11(14)7-15-17/h6-7,10H,5H2,1-4H3,(H,16,19)/b8-6+. The lowest BCUT2D eigenvalue weighted by atomic mass is 10.3. The molecule has 0 fully saturated rings. The molecule has 1 aromatic heterocycles. The van der Waals surface area contributed by atoms with Crippen LogP contribution in [0, 0.1) is 6.92 Å². The van der Waals surface area contributed by atoms with Gasteiger partial charge in [-0.3, -0.25) is 9.48 Å². The molecule has 0 saturated carbocycles. The van der Waals surface area contributed by atoms with Gasteiger partial charge in [0.2, 0.25) is 5.91 Å². The lowest BCUT2D eigenvalue weighted by Crippen LogP contribution is -2.31. The van der Waals surface area contributed by atoms with Crippen LogP contribution < -0.4 is 5.32 Å². The summed E-state index contributed by atoms with van der Waals surface area (Å²) in [5.41, 5.74) is 1.12. The number of hydrogen-bond donors (Lipinski definition) is 1. The fraction of sp³-hybridized carbons (Fsp3) is 0.462. The topological polar surface area (TPSA) is 73.2 Å². The van der Waals surface area contributed by atoms with Gasteiger partial charge >= 0.3 is 5.97 Å². The van der Waals surface area contributed by atoms with Gasteiger partial charge in [0.25, 0.3) is 0 Å². The summed E-state index contributed by atoms with van der Waals surface area (Å²) in [5, 5.41) is 7.17. The smallest absolute Gasteiger partial charge is 0.332 e. The molecular formula is C13H18ClN3O3. The van der Waals surface area contributed by atoms with Gasteiger partial charge in [0.15, 0.2) is 0 Å². The maximum absolute atomic E-state index is 12.0. The van der Waals surface area contributed by atoms with E-state index in [0.29, 0.717) is 16.4 Å². The molecule has 1 amide bonds. The molecule has 0 aromatic carbocycles. The molecule has 0 aliphatic carbocycles. The number of ether oxygens (including phenoxy) is 1. The molecule has 1 aromatic rings. The lowest BCUT2D eigenvalue weighted by Gasteiger charge is -2.14. The molecule has 0 bridgehead atoms. The van der Waals surface area contributed by atoms with E-state index in [-0.39, 0.29) is 12.5 Å². The highest BCUT2D eigenvalue weighted by atomic mass is 35.5. The summed E-state index contributed by atoms with van der Waals surface area (Å²) < 4.78 is 6.28. The van der Waals surface area contributed by atoms with E-state index in [2.05, 4.69) is 10.4 Å². The first-order valence-corrected chi connectivity index (χ1v) is 6.60. The first kappa shape index (κ1) is 16.2. The van der Waals surface area contributed by atoms with Gasteiger partial charge in [0.05, 0.1) is 23.5 Å². The number of halogens is 1. The van der Waals surface area contributed by atoms with E-state index in [1.54, 1.807) is 27.7 Å². The zero-order valence-electron chi connectivity index (χ0n) is 11.9. The number of carbonyl (C=O) groups is 2. The quantitative estimate of drug-likeness (QED) is 0.666. The number of nitrogens with one attached hydrogen (secondary N) is 1. The van der Waals surface area contributed by atoms with Gasteiger partial charge in [-0.15, -0.1) is 0 Å². The average molecular weight is 300 g/mol. The summed E-state index contributed by atoms with van der Waals surface area (Å²) in [5.74, 6) is -0.776. The molecule has 7 heteroatoms. The molecule has 1 heterocycles. The van der Waals surface area contributed by atoms with Gasteiger partial charge in [0, 0.05) is 11.8 Å². The Morgan fingerprint density at radius 1 is 1.60 bits per heavy atom. The zero-order valence-corrected chi connectivity index (χ0v) is 12.7. The van der Waals surface area contributed by atoms with Crippen molar-refractivity contribution in [1.82, 2.24) is 15.1 Å². The number of hydrogen-bond acceptors (Lipinski definition) is 4. The summed E-state index contributed by atoms with van der Waals surface area (Å²) in [6.07, 6.45) is 2.72. The van der Waals surface area contributed by atoms with E-state index in [0.717, 1.165) is 0 Å². The molecule has 1 atom stereocenters. The molecule has 1 unspecified atom stereocenters. The molecule has 0 saturated heterocycles. The van der Waals surface area contributed by atoms with Gasteiger partial charge in [0.1, 0.15) is 6.04 Å². The highest BCUT2D eigenvalue weighted by Gasteiger charge is 2.18. The van der Waals surface area contributed by atoms with Gasteiger partial charge in [-0.05, 0) is 27.7 Å². The number of amides is 1. The molecule has 110 valence electrons. The van der Waals surface area contributed by atoms with Crippen LogP contribution in [0.4, 0.5) is 0 Å². The normalized spacial score (nSPS) is 12.9. The van der Waals surface area contributed by atoms with E-state index < -0.39 is 12.0 Å². The Hall–Kier alpha value is -1.82. The minimum atomic E-state index is -0.534. The summed E-state index contributed by atoms with van der Waals surface area (Å²) in [6, 6.07) is -0.534. The minimum Gasteiger partial charge on any atom is -0.463 e. The predicted octanol–water partition coefficient (Wildman–Crippen LogP) is 1.99. The van der Waals surface area contributed by atoms with Crippen LogP contribution in [-0.4, -0.2) is 28.3 Å². The highest BCUT2D eigenvalue weighted by Crippen LogP contribution is 2.17. The second-order valence-electron chi connectivity index (χ2n) is 4.27. The molecule has 1 N–H and O–H groups in total.